The molecule has 1 aromatic heterocycles. The van der Waals surface area contributed by atoms with E-state index in [0.717, 1.165) is 5.69 Å². The lowest BCUT2D eigenvalue weighted by molar-refractivity contribution is 0.628. The Bertz CT molecular complexity index is 898. The zero-order chi connectivity index (χ0) is 17.8. The number of benzene rings is 2. The van der Waals surface area contributed by atoms with Gasteiger partial charge in [-0.3, -0.25) is 0 Å². The Hall–Kier alpha value is -2.66. The van der Waals surface area contributed by atoms with Crippen molar-refractivity contribution in [3.63, 3.8) is 0 Å². The normalized spacial score (nSPS) is 10.6. The van der Waals surface area contributed by atoms with Crippen LogP contribution in [-0.4, -0.2) is 9.97 Å². The van der Waals surface area contributed by atoms with Gasteiger partial charge in [-0.15, -0.1) is 0 Å². The van der Waals surface area contributed by atoms with Crippen LogP contribution in [0.25, 0.3) is 0 Å². The summed E-state index contributed by atoms with van der Waals surface area (Å²) in [4.78, 5) is 8.81. The molecule has 4 nitrogen and oxygen atoms in total. The summed E-state index contributed by atoms with van der Waals surface area (Å²) < 4.78 is 13.3. The number of rotatable bonds is 5. The highest BCUT2D eigenvalue weighted by Gasteiger charge is 2.06. The van der Waals surface area contributed by atoms with Gasteiger partial charge in [0.15, 0.2) is 0 Å². The molecule has 128 valence electrons. The Morgan fingerprint density at radius 2 is 1.84 bits per heavy atom. The molecule has 0 fully saturated rings. The molecule has 0 radical (unpaired) electrons. The van der Waals surface area contributed by atoms with Crippen LogP contribution in [0.2, 0.25) is 5.02 Å². The van der Waals surface area contributed by atoms with Gasteiger partial charge in [0.1, 0.15) is 11.6 Å². The fourth-order valence-corrected chi connectivity index (χ4v) is 2.59. The van der Waals surface area contributed by atoms with Crippen LogP contribution in [0.3, 0.4) is 0 Å². The molecule has 0 unspecified atom stereocenters. The molecular formula is C19H18ClFN4. The van der Waals surface area contributed by atoms with E-state index in [4.69, 9.17) is 11.6 Å². The largest absolute Gasteiger partial charge is 0.366 e. The van der Waals surface area contributed by atoms with Gasteiger partial charge in [-0.05, 0) is 43.2 Å². The van der Waals surface area contributed by atoms with E-state index in [9.17, 15) is 4.39 Å². The summed E-state index contributed by atoms with van der Waals surface area (Å²) >= 11 is 5.81. The van der Waals surface area contributed by atoms with Gasteiger partial charge in [-0.25, -0.2) is 9.37 Å². The lowest BCUT2D eigenvalue weighted by Crippen LogP contribution is -2.06. The Balaban J connectivity index is 1.76. The molecule has 3 aromatic rings. The van der Waals surface area contributed by atoms with E-state index < -0.39 is 5.82 Å². The molecule has 0 saturated heterocycles. The molecular weight excluding hydrogens is 339 g/mol. The third-order valence-corrected chi connectivity index (χ3v) is 4.04. The molecule has 1 heterocycles. The smallest absolute Gasteiger partial charge is 0.229 e. The molecule has 0 spiro atoms. The third kappa shape index (κ3) is 4.45. The highest BCUT2D eigenvalue weighted by molar-refractivity contribution is 6.31. The van der Waals surface area contributed by atoms with Crippen molar-refractivity contribution in [2.75, 3.05) is 10.6 Å². The van der Waals surface area contributed by atoms with Crippen LogP contribution < -0.4 is 10.6 Å². The maximum atomic E-state index is 13.3. The third-order valence-electron chi connectivity index (χ3n) is 3.75. The maximum absolute atomic E-state index is 13.3. The Morgan fingerprint density at radius 1 is 1.04 bits per heavy atom. The van der Waals surface area contributed by atoms with Crippen molar-refractivity contribution in [3.8, 4) is 0 Å². The second kappa shape index (κ2) is 7.49. The number of hydrogen-bond donors (Lipinski definition) is 2. The number of halogens is 2. The number of hydrogen-bond acceptors (Lipinski definition) is 4. The van der Waals surface area contributed by atoms with Gasteiger partial charge < -0.3 is 10.6 Å². The molecule has 2 aromatic carbocycles. The molecule has 0 atom stereocenters. The van der Waals surface area contributed by atoms with Gasteiger partial charge in [-0.1, -0.05) is 35.9 Å². The summed E-state index contributed by atoms with van der Waals surface area (Å²) in [6.07, 6.45) is 0. The number of anilines is 3. The van der Waals surface area contributed by atoms with Crippen molar-refractivity contribution >= 4 is 29.1 Å². The first-order valence-electron chi connectivity index (χ1n) is 7.87. The van der Waals surface area contributed by atoms with Gasteiger partial charge in [0.2, 0.25) is 5.95 Å². The molecule has 0 aliphatic heterocycles. The molecule has 3 rings (SSSR count). The van der Waals surface area contributed by atoms with E-state index in [2.05, 4.69) is 39.7 Å². The van der Waals surface area contributed by atoms with Crippen LogP contribution in [0.1, 0.15) is 16.8 Å². The lowest BCUT2D eigenvalue weighted by Gasteiger charge is -2.11. The van der Waals surface area contributed by atoms with Crippen molar-refractivity contribution in [1.29, 1.82) is 0 Å². The van der Waals surface area contributed by atoms with Crippen LogP contribution in [0, 0.1) is 19.7 Å². The SMILES string of the molecule is Cc1cc(NCc2ccccc2C)nc(Nc2ccc(F)c(Cl)c2)n1. The standard InChI is InChI=1S/C19H18ClFN4/c1-12-5-3-4-6-14(12)11-22-18-9-13(2)23-19(25-18)24-15-7-8-17(21)16(20)10-15/h3-10H,11H2,1-2H3,(H2,22,23,24,25). The predicted octanol–water partition coefficient (Wildman–Crippen LogP) is 5.24. The molecule has 0 bridgehead atoms. The molecule has 0 amide bonds. The minimum Gasteiger partial charge on any atom is -0.366 e. The van der Waals surface area contributed by atoms with E-state index in [-0.39, 0.29) is 5.02 Å². The zero-order valence-electron chi connectivity index (χ0n) is 14.0. The van der Waals surface area contributed by atoms with Gasteiger partial charge >= 0.3 is 0 Å². The van der Waals surface area contributed by atoms with Gasteiger partial charge in [0.05, 0.1) is 5.02 Å². The van der Waals surface area contributed by atoms with Crippen molar-refractivity contribution in [1.82, 2.24) is 9.97 Å². The van der Waals surface area contributed by atoms with Crippen LogP contribution in [0.15, 0.2) is 48.5 Å². The van der Waals surface area contributed by atoms with E-state index in [1.165, 1.54) is 23.3 Å². The van der Waals surface area contributed by atoms with Crippen LogP contribution in [0.5, 0.6) is 0 Å². The minimum absolute atomic E-state index is 0.0514. The van der Waals surface area contributed by atoms with E-state index in [1.54, 1.807) is 6.07 Å². The van der Waals surface area contributed by atoms with Gasteiger partial charge in [0, 0.05) is 24.0 Å². The molecule has 0 saturated carbocycles. The first-order chi connectivity index (χ1) is 12.0. The topological polar surface area (TPSA) is 49.8 Å². The van der Waals surface area contributed by atoms with Crippen molar-refractivity contribution in [2.45, 2.75) is 20.4 Å². The molecule has 25 heavy (non-hydrogen) atoms. The summed E-state index contributed by atoms with van der Waals surface area (Å²) in [5.41, 5.74) is 3.87. The monoisotopic (exact) mass is 356 g/mol. The van der Waals surface area contributed by atoms with Gasteiger partial charge in [-0.2, -0.15) is 4.98 Å². The summed E-state index contributed by atoms with van der Waals surface area (Å²) in [6.45, 7) is 4.64. The Morgan fingerprint density at radius 3 is 2.60 bits per heavy atom. The molecule has 0 aliphatic carbocycles. The average Bonchev–Trinajstić information content (AvgIpc) is 2.57. The molecule has 6 heteroatoms. The van der Waals surface area contributed by atoms with E-state index in [0.29, 0.717) is 24.0 Å². The molecule has 2 N–H and O–H groups in total. The number of aromatic nitrogens is 2. The Kier molecular flexibility index (Phi) is 5.14. The number of aryl methyl sites for hydroxylation is 2. The fraction of sp³-hybridized carbons (Fsp3) is 0.158. The van der Waals surface area contributed by atoms with E-state index >= 15 is 0 Å². The molecule has 0 aliphatic rings. The minimum atomic E-state index is -0.460. The second-order valence-corrected chi connectivity index (χ2v) is 6.16. The Labute approximate surface area is 151 Å². The van der Waals surface area contributed by atoms with E-state index in [1.807, 2.05) is 25.1 Å². The lowest BCUT2D eigenvalue weighted by atomic mass is 10.1. The van der Waals surface area contributed by atoms with Crippen molar-refractivity contribution in [2.24, 2.45) is 0 Å². The summed E-state index contributed by atoms with van der Waals surface area (Å²) in [5.74, 6) is 0.680. The van der Waals surface area contributed by atoms with Crippen LogP contribution in [0.4, 0.5) is 21.8 Å². The number of nitrogens with zero attached hydrogens (tertiary/aromatic N) is 2. The summed E-state index contributed by atoms with van der Waals surface area (Å²) in [7, 11) is 0. The zero-order valence-corrected chi connectivity index (χ0v) is 14.7. The maximum Gasteiger partial charge on any atom is 0.229 e. The first-order valence-corrected chi connectivity index (χ1v) is 8.25. The summed E-state index contributed by atoms with van der Waals surface area (Å²) in [5, 5.41) is 6.41. The van der Waals surface area contributed by atoms with Gasteiger partial charge in [0.25, 0.3) is 0 Å². The summed E-state index contributed by atoms with van der Waals surface area (Å²) in [6, 6.07) is 14.5. The predicted molar refractivity (Wildman–Crippen MR) is 100.0 cm³/mol. The van der Waals surface area contributed by atoms with Crippen LogP contribution >= 0.6 is 11.6 Å². The quantitative estimate of drug-likeness (QED) is 0.656. The number of nitrogens with one attached hydrogen (secondary N) is 2. The fourth-order valence-electron chi connectivity index (χ4n) is 2.41. The highest BCUT2D eigenvalue weighted by Crippen LogP contribution is 2.22. The van der Waals surface area contributed by atoms with Crippen molar-refractivity contribution < 1.29 is 4.39 Å². The van der Waals surface area contributed by atoms with Crippen LogP contribution in [-0.2, 0) is 6.54 Å². The average molecular weight is 357 g/mol. The van der Waals surface area contributed by atoms with Crippen molar-refractivity contribution in [3.05, 3.63) is 76.2 Å². The second-order valence-electron chi connectivity index (χ2n) is 5.75. The highest BCUT2D eigenvalue weighted by atomic mass is 35.5. The first kappa shape index (κ1) is 17.2.